The Balaban J connectivity index is 4.23. The lowest BCUT2D eigenvalue weighted by atomic mass is 10.1. The van der Waals surface area contributed by atoms with Gasteiger partial charge >= 0.3 is 0 Å². The number of nitrogens with two attached hydrogens (primary N) is 1. The van der Waals surface area contributed by atoms with Crippen LogP contribution in [0.3, 0.4) is 0 Å². The molecule has 0 aromatic rings. The van der Waals surface area contributed by atoms with Gasteiger partial charge in [-0.1, -0.05) is 13.3 Å². The van der Waals surface area contributed by atoms with Crippen molar-refractivity contribution in [1.82, 2.24) is 10.6 Å². The minimum absolute atomic E-state index is 0.0737. The van der Waals surface area contributed by atoms with Gasteiger partial charge in [0.25, 0.3) is 0 Å². The van der Waals surface area contributed by atoms with E-state index in [0.717, 1.165) is 6.42 Å². The molecule has 0 aromatic carbocycles. The highest BCUT2D eigenvalue weighted by Crippen LogP contribution is 2.01. The van der Waals surface area contributed by atoms with Gasteiger partial charge in [-0.2, -0.15) is 0 Å². The molecular formula is C13H27N3O4. The topological polar surface area (TPSA) is 103 Å². The fourth-order valence-electron chi connectivity index (χ4n) is 1.69. The van der Waals surface area contributed by atoms with Crippen LogP contribution in [0.15, 0.2) is 0 Å². The lowest BCUT2D eigenvalue weighted by molar-refractivity contribution is -0.130. The van der Waals surface area contributed by atoms with Gasteiger partial charge in [0.05, 0.1) is 25.9 Å². The van der Waals surface area contributed by atoms with Gasteiger partial charge in [-0.3, -0.25) is 9.59 Å². The molecule has 0 fully saturated rings. The Bertz CT molecular complexity index is 287. The van der Waals surface area contributed by atoms with Crippen LogP contribution in [0, 0.1) is 0 Å². The van der Waals surface area contributed by atoms with Gasteiger partial charge in [0, 0.05) is 13.7 Å². The minimum atomic E-state index is -0.519. The molecule has 0 aliphatic heterocycles. The quantitative estimate of drug-likeness (QED) is 0.359. The van der Waals surface area contributed by atoms with E-state index in [1.807, 2.05) is 6.92 Å². The molecule has 7 heteroatoms. The maximum atomic E-state index is 11.9. The van der Waals surface area contributed by atoms with Crippen LogP contribution in [0.25, 0.3) is 0 Å². The van der Waals surface area contributed by atoms with Gasteiger partial charge in [-0.05, 0) is 13.3 Å². The third-order valence-electron chi connectivity index (χ3n) is 2.69. The number of hydrogen-bond donors (Lipinski definition) is 3. The number of ether oxygens (including phenoxy) is 2. The maximum absolute atomic E-state index is 11.9. The van der Waals surface area contributed by atoms with Crippen molar-refractivity contribution in [3.63, 3.8) is 0 Å². The van der Waals surface area contributed by atoms with Gasteiger partial charge in [-0.15, -0.1) is 0 Å². The van der Waals surface area contributed by atoms with Crippen LogP contribution >= 0.6 is 0 Å². The van der Waals surface area contributed by atoms with E-state index in [9.17, 15) is 9.59 Å². The molecule has 0 rings (SSSR count). The lowest BCUT2D eigenvalue weighted by Gasteiger charge is -2.19. The van der Waals surface area contributed by atoms with E-state index in [0.29, 0.717) is 19.6 Å². The van der Waals surface area contributed by atoms with E-state index in [-0.39, 0.29) is 31.1 Å². The summed E-state index contributed by atoms with van der Waals surface area (Å²) in [6.45, 7) is 4.67. The number of hydrogen-bond acceptors (Lipinski definition) is 5. The van der Waals surface area contributed by atoms with Crippen LogP contribution < -0.4 is 16.4 Å². The van der Waals surface area contributed by atoms with E-state index in [1.165, 1.54) is 0 Å². The Morgan fingerprint density at radius 1 is 1.35 bits per heavy atom. The summed E-state index contributed by atoms with van der Waals surface area (Å²) in [6, 6.07) is -0.519. The summed E-state index contributed by atoms with van der Waals surface area (Å²) < 4.78 is 9.96. The number of amides is 2. The molecule has 4 N–H and O–H groups in total. The van der Waals surface area contributed by atoms with Gasteiger partial charge < -0.3 is 25.8 Å². The average Bonchev–Trinajstić information content (AvgIpc) is 2.38. The highest BCUT2D eigenvalue weighted by atomic mass is 16.5. The standard InChI is InChI=1S/C13H27N3O4/c1-4-5-11(13(18)15-6-7-19-3)16-12(17)8-10(2)20-9-14/h10-11H,4-9,14H2,1-3H3,(H,15,18)(H,16,17). The molecule has 0 bridgehead atoms. The zero-order valence-corrected chi connectivity index (χ0v) is 12.6. The number of methoxy groups -OCH3 is 1. The van der Waals surface area contributed by atoms with E-state index in [4.69, 9.17) is 15.2 Å². The molecule has 0 aliphatic rings. The predicted octanol–water partition coefficient (Wildman–Crippen LogP) is -0.255. The first-order valence-electron chi connectivity index (χ1n) is 6.92. The molecule has 0 spiro atoms. The van der Waals surface area contributed by atoms with Gasteiger partial charge in [-0.25, -0.2) is 0 Å². The first-order valence-corrected chi connectivity index (χ1v) is 6.92. The fourth-order valence-corrected chi connectivity index (χ4v) is 1.69. The van der Waals surface area contributed by atoms with Gasteiger partial charge in [0.1, 0.15) is 6.04 Å². The van der Waals surface area contributed by atoms with Crippen LogP contribution in [0.5, 0.6) is 0 Å². The van der Waals surface area contributed by atoms with Crippen molar-refractivity contribution in [3.8, 4) is 0 Å². The molecule has 0 aliphatic carbocycles. The molecule has 0 heterocycles. The van der Waals surface area contributed by atoms with Crippen LogP contribution in [0.1, 0.15) is 33.1 Å². The number of carbonyl (C=O) groups excluding carboxylic acids is 2. The summed E-state index contributed by atoms with van der Waals surface area (Å²) >= 11 is 0. The number of carbonyl (C=O) groups is 2. The van der Waals surface area contributed by atoms with Crippen molar-refractivity contribution in [2.45, 2.75) is 45.3 Å². The Kier molecular flexibility index (Phi) is 10.9. The highest BCUT2D eigenvalue weighted by molar-refractivity contribution is 5.87. The average molecular weight is 289 g/mol. The normalized spacial score (nSPS) is 13.6. The fraction of sp³-hybridized carbons (Fsp3) is 0.846. The Morgan fingerprint density at radius 3 is 2.60 bits per heavy atom. The van der Waals surface area contributed by atoms with E-state index in [2.05, 4.69) is 10.6 Å². The minimum Gasteiger partial charge on any atom is -0.383 e. The van der Waals surface area contributed by atoms with E-state index < -0.39 is 6.04 Å². The molecule has 20 heavy (non-hydrogen) atoms. The first-order chi connectivity index (χ1) is 9.54. The van der Waals surface area contributed by atoms with Crippen molar-refractivity contribution >= 4 is 11.8 Å². The highest BCUT2D eigenvalue weighted by Gasteiger charge is 2.20. The van der Waals surface area contributed by atoms with Crippen LogP contribution in [-0.4, -0.2) is 51.0 Å². The lowest BCUT2D eigenvalue weighted by Crippen LogP contribution is -2.47. The van der Waals surface area contributed by atoms with Crippen LogP contribution in [0.2, 0.25) is 0 Å². The van der Waals surface area contributed by atoms with Crippen LogP contribution in [0.4, 0.5) is 0 Å². The Hall–Kier alpha value is -1.18. The van der Waals surface area contributed by atoms with Crippen molar-refractivity contribution in [2.24, 2.45) is 5.73 Å². The smallest absolute Gasteiger partial charge is 0.242 e. The Morgan fingerprint density at radius 2 is 2.05 bits per heavy atom. The molecule has 0 saturated heterocycles. The second kappa shape index (κ2) is 11.6. The SMILES string of the molecule is CCCC(NC(=O)CC(C)OCN)C(=O)NCCOC. The Labute approximate surface area is 120 Å². The third kappa shape index (κ3) is 8.84. The monoisotopic (exact) mass is 289 g/mol. The summed E-state index contributed by atoms with van der Waals surface area (Å²) in [6.07, 6.45) is 1.32. The molecule has 2 amide bonds. The first kappa shape index (κ1) is 18.8. The molecule has 0 aromatic heterocycles. The molecular weight excluding hydrogens is 262 g/mol. The van der Waals surface area contributed by atoms with Crippen LogP contribution in [-0.2, 0) is 19.1 Å². The van der Waals surface area contributed by atoms with Crippen molar-refractivity contribution in [2.75, 3.05) is 27.0 Å². The summed E-state index contributed by atoms with van der Waals surface area (Å²) in [5, 5.41) is 5.44. The zero-order valence-electron chi connectivity index (χ0n) is 12.6. The zero-order chi connectivity index (χ0) is 15.4. The second-order valence-corrected chi connectivity index (χ2v) is 4.54. The summed E-state index contributed by atoms with van der Waals surface area (Å²) in [5.41, 5.74) is 5.24. The largest absolute Gasteiger partial charge is 0.383 e. The summed E-state index contributed by atoms with van der Waals surface area (Å²) in [5.74, 6) is -0.407. The van der Waals surface area contributed by atoms with Gasteiger partial charge in [0.15, 0.2) is 0 Å². The van der Waals surface area contributed by atoms with Gasteiger partial charge in [0.2, 0.25) is 11.8 Å². The predicted molar refractivity (Wildman–Crippen MR) is 75.9 cm³/mol. The van der Waals surface area contributed by atoms with E-state index in [1.54, 1.807) is 14.0 Å². The molecule has 7 nitrogen and oxygen atoms in total. The molecule has 2 unspecified atom stereocenters. The molecule has 0 radical (unpaired) electrons. The third-order valence-corrected chi connectivity index (χ3v) is 2.69. The van der Waals surface area contributed by atoms with E-state index >= 15 is 0 Å². The molecule has 118 valence electrons. The van der Waals surface area contributed by atoms with Crippen molar-refractivity contribution in [1.29, 1.82) is 0 Å². The summed E-state index contributed by atoms with van der Waals surface area (Å²) in [4.78, 5) is 23.7. The number of nitrogens with one attached hydrogen (secondary N) is 2. The number of rotatable bonds is 11. The van der Waals surface area contributed by atoms with Crippen molar-refractivity contribution < 1.29 is 19.1 Å². The summed E-state index contributed by atoms with van der Waals surface area (Å²) in [7, 11) is 1.57. The molecule has 2 atom stereocenters. The van der Waals surface area contributed by atoms with Crippen molar-refractivity contribution in [3.05, 3.63) is 0 Å². The maximum Gasteiger partial charge on any atom is 0.242 e. The second-order valence-electron chi connectivity index (χ2n) is 4.54. The molecule has 0 saturated carbocycles.